The van der Waals surface area contributed by atoms with Crippen LogP contribution in [0.1, 0.15) is 59.8 Å². The van der Waals surface area contributed by atoms with Gasteiger partial charge >= 0.3 is 0 Å². The van der Waals surface area contributed by atoms with E-state index in [1.807, 2.05) is 6.92 Å². The highest BCUT2D eigenvalue weighted by molar-refractivity contribution is 7.89. The molecule has 1 aromatic rings. The molecule has 0 bridgehead atoms. The molecule has 1 aromatic carbocycles. The lowest BCUT2D eigenvalue weighted by Crippen LogP contribution is -2.33. The molecular weight excluding hydrogens is 326 g/mol. The van der Waals surface area contributed by atoms with Crippen molar-refractivity contribution >= 4 is 10.0 Å². The highest BCUT2D eigenvalue weighted by Gasteiger charge is 2.18. The van der Waals surface area contributed by atoms with Gasteiger partial charge in [-0.2, -0.15) is 0 Å². The number of nitrogens with one attached hydrogen (secondary N) is 1. The van der Waals surface area contributed by atoms with Crippen LogP contribution < -0.4 is 9.46 Å². The highest BCUT2D eigenvalue weighted by atomic mass is 32.2. The minimum Gasteiger partial charge on any atom is -0.494 e. The van der Waals surface area contributed by atoms with Crippen LogP contribution in [0.3, 0.4) is 0 Å². The Morgan fingerprint density at radius 1 is 1.21 bits per heavy atom. The number of unbranched alkanes of at least 4 members (excludes halogenated alkanes) is 1. The van der Waals surface area contributed by atoms with Crippen LogP contribution in [0.25, 0.3) is 0 Å². The van der Waals surface area contributed by atoms with Gasteiger partial charge in [0.25, 0.3) is 0 Å². The normalized spacial score (nSPS) is 13.7. The van der Waals surface area contributed by atoms with E-state index in [2.05, 4.69) is 11.6 Å². The molecule has 0 saturated heterocycles. The summed E-state index contributed by atoms with van der Waals surface area (Å²) in [6, 6.07) is 6.31. The van der Waals surface area contributed by atoms with Crippen LogP contribution in [-0.2, 0) is 10.0 Å². The predicted molar refractivity (Wildman–Crippen MR) is 96.8 cm³/mol. The molecule has 0 aliphatic carbocycles. The number of sulfonamides is 1. The number of aliphatic hydroxyl groups is 1. The third-order valence-electron chi connectivity index (χ3n) is 3.68. The van der Waals surface area contributed by atoms with E-state index in [0.29, 0.717) is 25.2 Å². The first-order valence-electron chi connectivity index (χ1n) is 8.61. The average Bonchev–Trinajstić information content (AvgIpc) is 2.46. The molecule has 0 heterocycles. The predicted octanol–water partition coefficient (Wildman–Crippen LogP) is 3.47. The fourth-order valence-corrected chi connectivity index (χ4v) is 3.56. The van der Waals surface area contributed by atoms with E-state index in [1.165, 1.54) is 0 Å². The van der Waals surface area contributed by atoms with Gasteiger partial charge in [-0.1, -0.05) is 13.3 Å². The summed E-state index contributed by atoms with van der Waals surface area (Å²) in [5.74, 6) is 0.681. The first kappa shape index (κ1) is 20.9. The van der Waals surface area contributed by atoms with Gasteiger partial charge in [0.1, 0.15) is 5.75 Å². The monoisotopic (exact) mass is 357 g/mol. The standard InChI is InChI=1S/C18H31NO4S/c1-5-6-14-23-16-9-11-17(12-10-16)24(21,22)19-15(2)8-7-13-18(3,4)20/h9-12,15,19-20H,5-8,13-14H2,1-4H3. The third-order valence-corrected chi connectivity index (χ3v) is 5.29. The zero-order chi connectivity index (χ0) is 18.2. The second-order valence-corrected chi connectivity index (χ2v) is 8.61. The minimum absolute atomic E-state index is 0.183. The molecule has 0 aliphatic rings. The van der Waals surface area contributed by atoms with Crippen molar-refractivity contribution in [1.82, 2.24) is 4.72 Å². The summed E-state index contributed by atoms with van der Waals surface area (Å²) < 4.78 is 33.0. The van der Waals surface area contributed by atoms with Crippen molar-refractivity contribution in [3.05, 3.63) is 24.3 Å². The maximum absolute atomic E-state index is 12.4. The van der Waals surface area contributed by atoms with E-state index in [9.17, 15) is 13.5 Å². The number of hydrogen-bond donors (Lipinski definition) is 2. The number of ether oxygens (including phenoxy) is 1. The molecule has 0 saturated carbocycles. The molecule has 24 heavy (non-hydrogen) atoms. The fraction of sp³-hybridized carbons (Fsp3) is 0.667. The molecule has 2 N–H and O–H groups in total. The maximum atomic E-state index is 12.4. The van der Waals surface area contributed by atoms with E-state index in [1.54, 1.807) is 38.1 Å². The van der Waals surface area contributed by atoms with Crippen molar-refractivity contribution in [2.75, 3.05) is 6.61 Å². The average molecular weight is 358 g/mol. The molecule has 0 amide bonds. The van der Waals surface area contributed by atoms with Crippen molar-refractivity contribution in [1.29, 1.82) is 0 Å². The van der Waals surface area contributed by atoms with Gasteiger partial charge in [0.15, 0.2) is 0 Å². The lowest BCUT2D eigenvalue weighted by molar-refractivity contribution is 0.0677. The van der Waals surface area contributed by atoms with Crippen LogP contribution >= 0.6 is 0 Å². The van der Waals surface area contributed by atoms with Gasteiger partial charge in [-0.05, 0) is 70.7 Å². The maximum Gasteiger partial charge on any atom is 0.240 e. The first-order chi connectivity index (χ1) is 11.1. The van der Waals surface area contributed by atoms with Crippen molar-refractivity contribution in [3.8, 4) is 5.75 Å². The lowest BCUT2D eigenvalue weighted by Gasteiger charge is -2.19. The second-order valence-electron chi connectivity index (χ2n) is 6.90. The van der Waals surface area contributed by atoms with E-state index < -0.39 is 15.6 Å². The molecule has 0 spiro atoms. The molecule has 0 fully saturated rings. The van der Waals surface area contributed by atoms with Gasteiger partial charge in [0.05, 0.1) is 17.1 Å². The summed E-state index contributed by atoms with van der Waals surface area (Å²) in [6.45, 7) is 8.08. The van der Waals surface area contributed by atoms with E-state index >= 15 is 0 Å². The SMILES string of the molecule is CCCCOc1ccc(S(=O)(=O)NC(C)CCCC(C)(C)O)cc1. The fourth-order valence-electron chi connectivity index (χ4n) is 2.28. The van der Waals surface area contributed by atoms with E-state index in [4.69, 9.17) is 4.74 Å². The van der Waals surface area contributed by atoms with E-state index in [0.717, 1.165) is 19.3 Å². The number of rotatable bonds is 11. The Labute approximate surface area is 146 Å². The zero-order valence-corrected chi connectivity index (χ0v) is 16.0. The van der Waals surface area contributed by atoms with Crippen LogP contribution in [0, 0.1) is 0 Å². The molecule has 138 valence electrons. The Kier molecular flexibility index (Phi) is 8.19. The summed E-state index contributed by atoms with van der Waals surface area (Å²) in [7, 11) is -3.54. The highest BCUT2D eigenvalue weighted by Crippen LogP contribution is 2.18. The van der Waals surface area contributed by atoms with Gasteiger partial charge in [0, 0.05) is 6.04 Å². The first-order valence-corrected chi connectivity index (χ1v) is 10.1. The van der Waals surface area contributed by atoms with Crippen molar-refractivity contribution in [3.63, 3.8) is 0 Å². The van der Waals surface area contributed by atoms with Crippen LogP contribution in [0.4, 0.5) is 0 Å². The Morgan fingerprint density at radius 2 is 1.83 bits per heavy atom. The Morgan fingerprint density at radius 3 is 2.38 bits per heavy atom. The van der Waals surface area contributed by atoms with Crippen molar-refractivity contribution in [2.45, 2.75) is 76.3 Å². The molecule has 1 atom stereocenters. The molecular formula is C18H31NO4S. The van der Waals surface area contributed by atoms with Crippen molar-refractivity contribution in [2.24, 2.45) is 0 Å². The largest absolute Gasteiger partial charge is 0.494 e. The number of hydrogen-bond acceptors (Lipinski definition) is 4. The van der Waals surface area contributed by atoms with Gasteiger partial charge in [-0.15, -0.1) is 0 Å². The summed E-state index contributed by atoms with van der Waals surface area (Å²) >= 11 is 0. The summed E-state index contributed by atoms with van der Waals surface area (Å²) in [5, 5.41) is 9.69. The van der Waals surface area contributed by atoms with Gasteiger partial charge in [0.2, 0.25) is 10.0 Å². The van der Waals surface area contributed by atoms with Crippen LogP contribution in [0.15, 0.2) is 29.2 Å². The Balaban J connectivity index is 2.55. The smallest absolute Gasteiger partial charge is 0.240 e. The summed E-state index contributed by atoms with van der Waals surface area (Å²) in [4.78, 5) is 0.236. The van der Waals surface area contributed by atoms with Crippen LogP contribution in [0.5, 0.6) is 5.75 Å². The molecule has 6 heteroatoms. The van der Waals surface area contributed by atoms with Crippen molar-refractivity contribution < 1.29 is 18.3 Å². The summed E-state index contributed by atoms with van der Waals surface area (Å²) in [6.07, 6.45) is 4.12. The molecule has 0 aliphatic heterocycles. The number of benzene rings is 1. The Hall–Kier alpha value is -1.11. The second kappa shape index (κ2) is 9.39. The van der Waals surface area contributed by atoms with Gasteiger partial charge in [-0.3, -0.25) is 0 Å². The molecule has 0 aromatic heterocycles. The third kappa shape index (κ3) is 8.13. The summed E-state index contributed by atoms with van der Waals surface area (Å²) in [5.41, 5.74) is -0.716. The lowest BCUT2D eigenvalue weighted by atomic mass is 10.00. The molecule has 5 nitrogen and oxygen atoms in total. The van der Waals surface area contributed by atoms with Crippen LogP contribution in [-0.4, -0.2) is 31.8 Å². The Bertz CT molecular complexity index is 576. The van der Waals surface area contributed by atoms with E-state index in [-0.39, 0.29) is 10.9 Å². The minimum atomic E-state index is -3.54. The topological polar surface area (TPSA) is 75.6 Å². The van der Waals surface area contributed by atoms with Gasteiger partial charge < -0.3 is 9.84 Å². The quantitative estimate of drug-likeness (QED) is 0.595. The zero-order valence-electron chi connectivity index (χ0n) is 15.2. The molecule has 1 rings (SSSR count). The van der Waals surface area contributed by atoms with Gasteiger partial charge in [-0.25, -0.2) is 13.1 Å². The molecule has 1 unspecified atom stereocenters. The molecule has 0 radical (unpaired) electrons. The van der Waals surface area contributed by atoms with Crippen LogP contribution in [0.2, 0.25) is 0 Å².